The molecule has 0 saturated heterocycles. The molecule has 0 unspecified atom stereocenters. The molecule has 8 nitrogen and oxygen atoms in total. The van der Waals surface area contributed by atoms with Gasteiger partial charge in [-0.05, 0) is 24.6 Å². The van der Waals surface area contributed by atoms with Crippen LogP contribution in [0.2, 0.25) is 0 Å². The number of nitrogens with zero attached hydrogens (tertiary/aromatic N) is 1. The van der Waals surface area contributed by atoms with Crippen LogP contribution in [0.1, 0.15) is 12.0 Å². The van der Waals surface area contributed by atoms with Crippen molar-refractivity contribution in [2.45, 2.75) is 13.3 Å². The lowest BCUT2D eigenvalue weighted by Crippen LogP contribution is -2.40. The molecule has 0 atom stereocenters. The first kappa shape index (κ1) is 20.3. The van der Waals surface area contributed by atoms with Gasteiger partial charge in [0, 0.05) is 30.8 Å². The molecule has 0 bridgehead atoms. The molecule has 2 aromatic carbocycles. The van der Waals surface area contributed by atoms with E-state index < -0.39 is 0 Å². The number of amides is 2. The predicted octanol–water partition coefficient (Wildman–Crippen LogP) is 2.78. The fraction of sp³-hybridized carbons (Fsp3) is 0.333. The van der Waals surface area contributed by atoms with Crippen molar-refractivity contribution in [2.75, 3.05) is 44.7 Å². The van der Waals surface area contributed by atoms with Crippen LogP contribution in [-0.2, 0) is 9.59 Å². The van der Waals surface area contributed by atoms with Crippen LogP contribution < -0.4 is 29.2 Å². The fourth-order valence-corrected chi connectivity index (χ4v) is 3.15. The molecular formula is C21H24N2O6. The standard InChI is InChI=1S/C21H24N2O6/c1-13-5-6-16-15(9-13)23(20(25)12-29-16)8-7-19(24)22-14-10-17(26-2)21(28-4)18(11-14)27-3/h5-6,9-11H,7-8,12H2,1-4H3,(H,22,24). The Morgan fingerprint density at radius 2 is 1.79 bits per heavy atom. The number of methoxy groups -OCH3 is 3. The molecule has 2 aromatic rings. The largest absolute Gasteiger partial charge is 0.493 e. The lowest BCUT2D eigenvalue weighted by atomic mass is 10.1. The van der Waals surface area contributed by atoms with Gasteiger partial charge >= 0.3 is 0 Å². The van der Waals surface area contributed by atoms with Crippen molar-refractivity contribution in [3.05, 3.63) is 35.9 Å². The first-order chi connectivity index (χ1) is 14.0. The Hall–Kier alpha value is -3.42. The minimum absolute atomic E-state index is 0.0371. The molecule has 0 fully saturated rings. The van der Waals surface area contributed by atoms with Crippen molar-refractivity contribution in [2.24, 2.45) is 0 Å². The Morgan fingerprint density at radius 1 is 1.10 bits per heavy atom. The summed E-state index contributed by atoms with van der Waals surface area (Å²) in [4.78, 5) is 26.4. The first-order valence-electron chi connectivity index (χ1n) is 9.10. The van der Waals surface area contributed by atoms with E-state index in [1.165, 1.54) is 21.3 Å². The van der Waals surface area contributed by atoms with Crippen molar-refractivity contribution in [1.82, 2.24) is 0 Å². The summed E-state index contributed by atoms with van der Waals surface area (Å²) in [7, 11) is 4.52. The maximum absolute atomic E-state index is 12.5. The Balaban J connectivity index is 1.71. The van der Waals surface area contributed by atoms with Crippen LogP contribution in [0.15, 0.2) is 30.3 Å². The third-order valence-corrected chi connectivity index (χ3v) is 4.57. The molecule has 0 radical (unpaired) electrons. The summed E-state index contributed by atoms with van der Waals surface area (Å²) < 4.78 is 21.3. The molecule has 29 heavy (non-hydrogen) atoms. The normalized spacial score (nSPS) is 12.7. The number of hydrogen-bond donors (Lipinski definition) is 1. The topological polar surface area (TPSA) is 86.3 Å². The summed E-state index contributed by atoms with van der Waals surface area (Å²) in [6.45, 7) is 2.15. The monoisotopic (exact) mass is 400 g/mol. The van der Waals surface area contributed by atoms with Crippen molar-refractivity contribution >= 4 is 23.2 Å². The first-order valence-corrected chi connectivity index (χ1v) is 9.10. The number of ether oxygens (including phenoxy) is 4. The van der Waals surface area contributed by atoms with Gasteiger partial charge in [-0.3, -0.25) is 9.59 Å². The van der Waals surface area contributed by atoms with E-state index in [1.807, 2.05) is 25.1 Å². The molecule has 2 amide bonds. The van der Waals surface area contributed by atoms with E-state index in [1.54, 1.807) is 17.0 Å². The summed E-state index contributed by atoms with van der Waals surface area (Å²) in [5.41, 5.74) is 2.20. The van der Waals surface area contributed by atoms with E-state index in [0.29, 0.717) is 34.4 Å². The molecule has 1 aliphatic heterocycles. The minimum atomic E-state index is -0.243. The maximum Gasteiger partial charge on any atom is 0.265 e. The van der Waals surface area contributed by atoms with Crippen molar-refractivity contribution in [3.8, 4) is 23.0 Å². The molecule has 3 rings (SSSR count). The van der Waals surface area contributed by atoms with Gasteiger partial charge in [0.2, 0.25) is 11.7 Å². The summed E-state index contributed by atoms with van der Waals surface area (Å²) in [5.74, 6) is 1.54. The van der Waals surface area contributed by atoms with Gasteiger partial charge in [-0.2, -0.15) is 0 Å². The van der Waals surface area contributed by atoms with Crippen molar-refractivity contribution < 1.29 is 28.5 Å². The average Bonchev–Trinajstić information content (AvgIpc) is 2.72. The summed E-state index contributed by atoms with van der Waals surface area (Å²) in [6, 6.07) is 8.93. The zero-order valence-corrected chi connectivity index (χ0v) is 16.9. The van der Waals surface area contributed by atoms with Crippen molar-refractivity contribution in [3.63, 3.8) is 0 Å². The van der Waals surface area contributed by atoms with Crippen LogP contribution in [0, 0.1) is 6.92 Å². The molecule has 0 aliphatic carbocycles. The van der Waals surface area contributed by atoms with Gasteiger partial charge in [0.05, 0.1) is 27.0 Å². The molecular weight excluding hydrogens is 376 g/mol. The zero-order valence-electron chi connectivity index (χ0n) is 16.9. The molecule has 1 aliphatic rings. The third kappa shape index (κ3) is 4.37. The molecule has 1 N–H and O–H groups in total. The summed E-state index contributed by atoms with van der Waals surface area (Å²) >= 11 is 0. The quantitative estimate of drug-likeness (QED) is 0.769. The Bertz CT molecular complexity index is 902. The van der Waals surface area contributed by atoms with Crippen LogP contribution in [0.25, 0.3) is 0 Å². The molecule has 154 valence electrons. The number of carbonyl (C=O) groups excluding carboxylic acids is 2. The van der Waals surface area contributed by atoms with Crippen LogP contribution in [0.4, 0.5) is 11.4 Å². The second-order valence-electron chi connectivity index (χ2n) is 6.52. The Kier molecular flexibility index (Phi) is 6.11. The number of benzene rings is 2. The predicted molar refractivity (Wildman–Crippen MR) is 108 cm³/mol. The number of nitrogens with one attached hydrogen (secondary N) is 1. The lowest BCUT2D eigenvalue weighted by Gasteiger charge is -2.29. The van der Waals surface area contributed by atoms with Gasteiger partial charge < -0.3 is 29.2 Å². The molecule has 0 spiro atoms. The third-order valence-electron chi connectivity index (χ3n) is 4.57. The van der Waals surface area contributed by atoms with Crippen LogP contribution in [0.5, 0.6) is 23.0 Å². The Labute approximate surface area is 169 Å². The van der Waals surface area contributed by atoms with E-state index in [4.69, 9.17) is 18.9 Å². The Morgan fingerprint density at radius 3 is 2.41 bits per heavy atom. The fourth-order valence-electron chi connectivity index (χ4n) is 3.15. The lowest BCUT2D eigenvalue weighted by molar-refractivity contribution is -0.121. The maximum atomic E-state index is 12.5. The number of fused-ring (bicyclic) bond motifs is 1. The van der Waals surface area contributed by atoms with E-state index in [-0.39, 0.29) is 31.4 Å². The molecule has 0 saturated carbocycles. The highest BCUT2D eigenvalue weighted by molar-refractivity contribution is 5.99. The van der Waals surface area contributed by atoms with E-state index in [9.17, 15) is 9.59 Å². The molecule has 1 heterocycles. The van der Waals surface area contributed by atoms with Gasteiger partial charge in [-0.1, -0.05) is 6.07 Å². The molecule has 0 aromatic heterocycles. The highest BCUT2D eigenvalue weighted by Gasteiger charge is 2.26. The SMILES string of the molecule is COc1cc(NC(=O)CCN2C(=O)COc3ccc(C)cc32)cc(OC)c1OC. The smallest absolute Gasteiger partial charge is 0.265 e. The number of aryl methyl sites for hydroxylation is 1. The molecule has 8 heteroatoms. The number of anilines is 2. The van der Waals surface area contributed by atoms with Crippen LogP contribution in [-0.4, -0.2) is 46.3 Å². The number of carbonyl (C=O) groups is 2. The van der Waals surface area contributed by atoms with E-state index in [2.05, 4.69) is 5.32 Å². The minimum Gasteiger partial charge on any atom is -0.493 e. The highest BCUT2D eigenvalue weighted by Crippen LogP contribution is 2.40. The zero-order chi connectivity index (χ0) is 21.0. The second-order valence-corrected chi connectivity index (χ2v) is 6.52. The number of hydrogen-bond acceptors (Lipinski definition) is 6. The summed E-state index contributed by atoms with van der Waals surface area (Å²) in [5, 5.41) is 2.81. The van der Waals surface area contributed by atoms with E-state index in [0.717, 1.165) is 5.56 Å². The van der Waals surface area contributed by atoms with Gasteiger partial charge in [0.25, 0.3) is 5.91 Å². The van der Waals surface area contributed by atoms with Gasteiger partial charge in [0.15, 0.2) is 18.1 Å². The highest BCUT2D eigenvalue weighted by atomic mass is 16.5. The van der Waals surface area contributed by atoms with Gasteiger partial charge in [-0.25, -0.2) is 0 Å². The average molecular weight is 400 g/mol. The second kappa shape index (κ2) is 8.72. The van der Waals surface area contributed by atoms with Crippen LogP contribution >= 0.6 is 0 Å². The van der Waals surface area contributed by atoms with Crippen molar-refractivity contribution in [1.29, 1.82) is 0 Å². The number of rotatable bonds is 7. The summed E-state index contributed by atoms with van der Waals surface area (Å²) in [6.07, 6.45) is 0.121. The van der Waals surface area contributed by atoms with Gasteiger partial charge in [0.1, 0.15) is 5.75 Å². The van der Waals surface area contributed by atoms with Crippen LogP contribution in [0.3, 0.4) is 0 Å². The van der Waals surface area contributed by atoms with Gasteiger partial charge in [-0.15, -0.1) is 0 Å². The van der Waals surface area contributed by atoms with E-state index >= 15 is 0 Å².